The van der Waals surface area contributed by atoms with Crippen LogP contribution in [0.15, 0.2) is 42.5 Å². The number of carbonyl (C=O) groups excluding carboxylic acids is 1. The van der Waals surface area contributed by atoms with Crippen LogP contribution >= 0.6 is 0 Å². The Labute approximate surface area is 114 Å². The van der Waals surface area contributed by atoms with Crippen LogP contribution in [0.5, 0.6) is 0 Å². The normalized spacial score (nSPS) is 11.4. The van der Waals surface area contributed by atoms with Crippen LogP contribution in [0.25, 0.3) is 11.6 Å². The van der Waals surface area contributed by atoms with E-state index in [0.29, 0.717) is 0 Å². The number of aldehydes is 1. The molecule has 0 aromatic heterocycles. The summed E-state index contributed by atoms with van der Waals surface area (Å²) in [5.74, 6) is 0. The second-order valence-corrected chi connectivity index (χ2v) is 4.90. The summed E-state index contributed by atoms with van der Waals surface area (Å²) >= 11 is 0. The van der Waals surface area contributed by atoms with Crippen molar-refractivity contribution in [3.05, 3.63) is 70.3 Å². The minimum atomic E-state index is 0.718. The first-order valence-electron chi connectivity index (χ1n) is 6.42. The summed E-state index contributed by atoms with van der Waals surface area (Å²) in [5, 5.41) is 0. The Hall–Kier alpha value is -2.15. The molecular weight excluding hydrogens is 232 g/mol. The molecule has 1 heteroatoms. The Balaban J connectivity index is 2.53. The third-order valence-corrected chi connectivity index (χ3v) is 3.27. The van der Waals surface area contributed by atoms with E-state index < -0.39 is 0 Å². The minimum Gasteiger partial charge on any atom is -0.298 e. The molecule has 2 aromatic rings. The van der Waals surface area contributed by atoms with E-state index in [1.165, 1.54) is 16.7 Å². The van der Waals surface area contributed by atoms with Gasteiger partial charge in [0.2, 0.25) is 0 Å². The van der Waals surface area contributed by atoms with E-state index in [0.717, 1.165) is 23.0 Å². The molecule has 0 fully saturated rings. The molecule has 0 heterocycles. The van der Waals surface area contributed by atoms with Gasteiger partial charge < -0.3 is 0 Å². The molecule has 0 saturated heterocycles. The van der Waals surface area contributed by atoms with Gasteiger partial charge >= 0.3 is 0 Å². The van der Waals surface area contributed by atoms with Crippen LogP contribution in [0.2, 0.25) is 0 Å². The second-order valence-electron chi connectivity index (χ2n) is 4.90. The molecule has 0 aliphatic heterocycles. The molecule has 1 nitrogen and oxygen atoms in total. The van der Waals surface area contributed by atoms with Crippen LogP contribution in [-0.4, -0.2) is 6.29 Å². The maximum Gasteiger partial charge on any atom is 0.150 e. The van der Waals surface area contributed by atoms with Crippen LogP contribution in [0, 0.1) is 20.8 Å². The van der Waals surface area contributed by atoms with E-state index in [1.54, 1.807) is 0 Å². The number of benzene rings is 2. The van der Waals surface area contributed by atoms with Crippen molar-refractivity contribution in [3.8, 4) is 0 Å². The summed E-state index contributed by atoms with van der Waals surface area (Å²) < 4.78 is 0. The first-order valence-corrected chi connectivity index (χ1v) is 6.42. The van der Waals surface area contributed by atoms with E-state index in [4.69, 9.17) is 0 Å². The molecule has 2 rings (SSSR count). The molecule has 0 atom stereocenters. The van der Waals surface area contributed by atoms with Gasteiger partial charge in [0.15, 0.2) is 6.29 Å². The van der Waals surface area contributed by atoms with Gasteiger partial charge in [-0.15, -0.1) is 0 Å². The third kappa shape index (κ3) is 3.00. The van der Waals surface area contributed by atoms with Gasteiger partial charge in [-0.05, 0) is 49.1 Å². The van der Waals surface area contributed by atoms with Gasteiger partial charge in [-0.1, -0.05) is 48.0 Å². The highest BCUT2D eigenvalue weighted by Gasteiger charge is 2.05. The molecule has 96 valence electrons. The van der Waals surface area contributed by atoms with Crippen LogP contribution < -0.4 is 0 Å². The summed E-state index contributed by atoms with van der Waals surface area (Å²) in [7, 11) is 0. The first kappa shape index (κ1) is 13.3. The highest BCUT2D eigenvalue weighted by molar-refractivity contribution is 6.13. The van der Waals surface area contributed by atoms with Crippen molar-refractivity contribution in [3.63, 3.8) is 0 Å². The van der Waals surface area contributed by atoms with E-state index in [-0.39, 0.29) is 0 Å². The lowest BCUT2D eigenvalue weighted by atomic mass is 9.96. The van der Waals surface area contributed by atoms with Crippen LogP contribution in [0.4, 0.5) is 0 Å². The molecule has 0 spiro atoms. The average Bonchev–Trinajstić information content (AvgIpc) is 2.39. The van der Waals surface area contributed by atoms with E-state index in [1.807, 2.05) is 36.4 Å². The van der Waals surface area contributed by atoms with Crippen molar-refractivity contribution >= 4 is 17.9 Å². The summed E-state index contributed by atoms with van der Waals surface area (Å²) in [5.41, 5.74) is 6.46. The van der Waals surface area contributed by atoms with Gasteiger partial charge in [-0.3, -0.25) is 4.79 Å². The third-order valence-electron chi connectivity index (χ3n) is 3.27. The van der Waals surface area contributed by atoms with Crippen molar-refractivity contribution in [1.29, 1.82) is 0 Å². The van der Waals surface area contributed by atoms with Gasteiger partial charge in [0, 0.05) is 5.57 Å². The smallest absolute Gasteiger partial charge is 0.150 e. The fourth-order valence-corrected chi connectivity index (χ4v) is 2.39. The Kier molecular flexibility index (Phi) is 3.96. The molecule has 0 bridgehead atoms. The number of hydrogen-bond donors (Lipinski definition) is 0. The van der Waals surface area contributed by atoms with Gasteiger partial charge in [-0.25, -0.2) is 0 Å². The van der Waals surface area contributed by atoms with Crippen LogP contribution in [-0.2, 0) is 4.79 Å². The largest absolute Gasteiger partial charge is 0.298 e. The fraction of sp³-hybridized carbons (Fsp3) is 0.167. The van der Waals surface area contributed by atoms with Crippen molar-refractivity contribution in [2.45, 2.75) is 20.8 Å². The Bertz CT molecular complexity index is 598. The summed E-state index contributed by atoms with van der Waals surface area (Å²) in [6.07, 6.45) is 2.90. The molecule has 0 aliphatic carbocycles. The molecule has 0 aliphatic rings. The highest BCUT2D eigenvalue weighted by Crippen LogP contribution is 2.22. The van der Waals surface area contributed by atoms with Crippen molar-refractivity contribution in [1.82, 2.24) is 0 Å². The molecule has 2 aromatic carbocycles. The molecule has 0 radical (unpaired) electrons. The molecule has 0 saturated carbocycles. The topological polar surface area (TPSA) is 17.1 Å². The first-order chi connectivity index (χ1) is 9.11. The number of aryl methyl sites for hydroxylation is 3. The second kappa shape index (κ2) is 5.66. The van der Waals surface area contributed by atoms with Gasteiger partial charge in [0.05, 0.1) is 0 Å². The predicted octanol–water partition coefficient (Wildman–Crippen LogP) is 4.35. The van der Waals surface area contributed by atoms with Crippen molar-refractivity contribution < 1.29 is 4.79 Å². The minimum absolute atomic E-state index is 0.718. The average molecular weight is 250 g/mol. The monoisotopic (exact) mass is 250 g/mol. The summed E-state index contributed by atoms with van der Waals surface area (Å²) in [6, 6.07) is 14.0. The number of carbonyl (C=O) groups is 1. The van der Waals surface area contributed by atoms with Crippen LogP contribution in [0.3, 0.4) is 0 Å². The zero-order chi connectivity index (χ0) is 13.8. The molecule has 0 unspecified atom stereocenters. The summed E-state index contributed by atoms with van der Waals surface area (Å²) in [4.78, 5) is 11.3. The van der Waals surface area contributed by atoms with Gasteiger partial charge in [0.25, 0.3) is 0 Å². The van der Waals surface area contributed by atoms with Crippen LogP contribution in [0.1, 0.15) is 27.8 Å². The lowest BCUT2D eigenvalue weighted by molar-refractivity contribution is -0.103. The Morgan fingerprint density at radius 1 is 0.947 bits per heavy atom. The molecule has 0 N–H and O–H groups in total. The fourth-order valence-electron chi connectivity index (χ4n) is 2.39. The van der Waals surface area contributed by atoms with Crippen molar-refractivity contribution in [2.24, 2.45) is 0 Å². The lowest BCUT2D eigenvalue weighted by Gasteiger charge is -2.09. The Morgan fingerprint density at radius 2 is 1.53 bits per heavy atom. The van der Waals surface area contributed by atoms with Gasteiger partial charge in [0.1, 0.15) is 0 Å². The van der Waals surface area contributed by atoms with E-state index >= 15 is 0 Å². The number of allylic oxidation sites excluding steroid dienone is 1. The van der Waals surface area contributed by atoms with Gasteiger partial charge in [-0.2, -0.15) is 0 Å². The summed E-state index contributed by atoms with van der Waals surface area (Å²) in [6.45, 7) is 6.25. The van der Waals surface area contributed by atoms with E-state index in [9.17, 15) is 4.79 Å². The lowest BCUT2D eigenvalue weighted by Crippen LogP contribution is -1.91. The predicted molar refractivity (Wildman–Crippen MR) is 81.0 cm³/mol. The standard InChI is InChI=1S/C18H18O/c1-13-9-14(2)18(15(3)10-13)11-17(12-19)16-7-5-4-6-8-16/h4-12H,1-3H3/b17-11+. The SMILES string of the molecule is Cc1cc(C)c(/C=C(\C=O)c2ccccc2)c(C)c1. The highest BCUT2D eigenvalue weighted by atomic mass is 16.1. The maximum atomic E-state index is 11.3. The molecule has 19 heavy (non-hydrogen) atoms. The zero-order valence-electron chi connectivity index (χ0n) is 11.6. The number of hydrogen-bond acceptors (Lipinski definition) is 1. The van der Waals surface area contributed by atoms with E-state index in [2.05, 4.69) is 32.9 Å². The molecular formula is C18H18O. The molecule has 0 amide bonds. The maximum absolute atomic E-state index is 11.3. The zero-order valence-corrected chi connectivity index (χ0v) is 11.6. The number of rotatable bonds is 3. The Morgan fingerprint density at radius 3 is 2.05 bits per heavy atom. The quantitative estimate of drug-likeness (QED) is 0.449. The van der Waals surface area contributed by atoms with Crippen molar-refractivity contribution in [2.75, 3.05) is 0 Å².